The number of benzene rings is 1. The Balaban J connectivity index is 2.14. The molecule has 0 unspecified atom stereocenters. The van der Waals surface area contributed by atoms with Crippen molar-refractivity contribution in [2.45, 2.75) is 38.8 Å². The van der Waals surface area contributed by atoms with Crippen molar-refractivity contribution in [2.24, 2.45) is 17.1 Å². The summed E-state index contributed by atoms with van der Waals surface area (Å²) in [5, 5.41) is 10.2. The van der Waals surface area contributed by atoms with Crippen LogP contribution in [0.4, 0.5) is 0 Å². The Morgan fingerprint density at radius 1 is 1.30 bits per heavy atom. The Bertz CT molecular complexity index is 716. The van der Waals surface area contributed by atoms with Crippen LogP contribution in [-0.4, -0.2) is 12.0 Å². The Labute approximate surface area is 140 Å². The number of hydrogen-bond acceptors (Lipinski definition) is 4. The molecule has 5 heteroatoms. The van der Waals surface area contributed by atoms with Gasteiger partial charge in [0.05, 0.1) is 6.07 Å². The van der Waals surface area contributed by atoms with E-state index in [0.29, 0.717) is 29.2 Å². The number of halogens is 1. The summed E-state index contributed by atoms with van der Waals surface area (Å²) in [6, 6.07) is 9.47. The Hall–Kier alpha value is -1.83. The first-order chi connectivity index (χ1) is 10.8. The van der Waals surface area contributed by atoms with E-state index in [0.717, 1.165) is 5.56 Å². The highest BCUT2D eigenvalue weighted by atomic mass is 35.5. The van der Waals surface area contributed by atoms with Crippen LogP contribution in [0.15, 0.2) is 35.6 Å². The maximum atomic E-state index is 12.7. The summed E-state index contributed by atoms with van der Waals surface area (Å²) >= 11 is 5.96. The minimum Gasteiger partial charge on any atom is -0.478 e. The lowest BCUT2D eigenvalue weighted by Gasteiger charge is -2.41. The summed E-state index contributed by atoms with van der Waals surface area (Å²) in [6.07, 6.45) is 0.373. The summed E-state index contributed by atoms with van der Waals surface area (Å²) < 4.78 is 5.76. The van der Waals surface area contributed by atoms with Crippen molar-refractivity contribution in [2.75, 3.05) is 0 Å². The van der Waals surface area contributed by atoms with E-state index in [2.05, 4.69) is 6.07 Å². The van der Waals surface area contributed by atoms with Gasteiger partial charge in [-0.1, -0.05) is 37.6 Å². The number of nitrogens with two attached hydrogens (primary N) is 1. The molecule has 0 saturated heterocycles. The second-order valence-electron chi connectivity index (χ2n) is 7.04. The highest BCUT2D eigenvalue weighted by Crippen LogP contribution is 2.48. The molecule has 2 aliphatic rings. The van der Waals surface area contributed by atoms with E-state index in [1.54, 1.807) is 12.1 Å². The predicted molar refractivity (Wildman–Crippen MR) is 87.4 cm³/mol. The number of ketones is 1. The normalized spacial score (nSPS) is 29.5. The first-order valence-corrected chi connectivity index (χ1v) is 8.04. The van der Waals surface area contributed by atoms with Gasteiger partial charge in [0.2, 0.25) is 0 Å². The number of Topliss-reactive ketones (excluding diaryl/α,β-unsaturated/α-hetero) is 1. The summed E-state index contributed by atoms with van der Waals surface area (Å²) in [6.45, 7) is 4.08. The van der Waals surface area contributed by atoms with Crippen LogP contribution in [-0.2, 0) is 9.53 Å². The Morgan fingerprint density at radius 2 is 1.96 bits per heavy atom. The van der Waals surface area contributed by atoms with Gasteiger partial charge < -0.3 is 4.74 Å². The molecular formula is C18H19ClN2O2. The van der Waals surface area contributed by atoms with Crippen LogP contribution >= 0.6 is 11.6 Å². The van der Waals surface area contributed by atoms with E-state index >= 15 is 0 Å². The molecule has 0 bridgehead atoms. The topological polar surface area (TPSA) is 76.1 Å². The molecule has 23 heavy (non-hydrogen) atoms. The minimum absolute atomic E-state index is 0.0448. The molecular weight excluding hydrogens is 312 g/mol. The van der Waals surface area contributed by atoms with Gasteiger partial charge in [0.15, 0.2) is 12.0 Å². The third kappa shape index (κ3) is 2.87. The van der Waals surface area contributed by atoms with Crippen LogP contribution in [0.5, 0.6) is 0 Å². The first kappa shape index (κ1) is 16.0. The van der Waals surface area contributed by atoms with E-state index in [1.807, 2.05) is 26.0 Å². The van der Waals surface area contributed by atoms with E-state index in [4.69, 9.17) is 22.1 Å². The van der Waals surface area contributed by atoms with Crippen molar-refractivity contribution in [1.82, 2.24) is 0 Å². The van der Waals surface area contributed by atoms with Crippen molar-refractivity contribution in [1.29, 1.82) is 5.26 Å². The monoisotopic (exact) mass is 330 g/mol. The molecule has 0 saturated carbocycles. The maximum Gasteiger partial charge on any atom is 0.164 e. The summed E-state index contributed by atoms with van der Waals surface area (Å²) in [4.78, 5) is 12.7. The van der Waals surface area contributed by atoms with Crippen LogP contribution in [0, 0.1) is 22.7 Å². The van der Waals surface area contributed by atoms with E-state index in [1.165, 1.54) is 0 Å². The summed E-state index contributed by atoms with van der Waals surface area (Å²) in [5.74, 6) is -0.270. The maximum absolute atomic E-state index is 12.7. The molecule has 0 fully saturated rings. The average molecular weight is 331 g/mol. The number of carbonyl (C=O) groups excluding carboxylic acids is 1. The first-order valence-electron chi connectivity index (χ1n) is 7.66. The zero-order valence-corrected chi connectivity index (χ0v) is 13.9. The van der Waals surface area contributed by atoms with Gasteiger partial charge >= 0.3 is 0 Å². The second-order valence-corrected chi connectivity index (χ2v) is 7.48. The second kappa shape index (κ2) is 5.67. The van der Waals surface area contributed by atoms with Crippen molar-refractivity contribution in [3.05, 3.63) is 46.2 Å². The van der Waals surface area contributed by atoms with Crippen LogP contribution in [0.1, 0.15) is 38.2 Å². The largest absolute Gasteiger partial charge is 0.478 e. The number of nitriles is 1. The molecule has 1 aromatic rings. The van der Waals surface area contributed by atoms with Gasteiger partial charge in [-0.05, 0) is 23.1 Å². The van der Waals surface area contributed by atoms with E-state index in [-0.39, 0.29) is 17.1 Å². The molecule has 1 aromatic carbocycles. The lowest BCUT2D eigenvalue weighted by molar-refractivity contribution is -0.120. The van der Waals surface area contributed by atoms with Gasteiger partial charge in [0, 0.05) is 29.4 Å². The average Bonchev–Trinajstić information content (AvgIpc) is 2.45. The van der Waals surface area contributed by atoms with Crippen LogP contribution in [0.3, 0.4) is 0 Å². The van der Waals surface area contributed by atoms with E-state index < -0.39 is 12.1 Å². The molecule has 0 radical (unpaired) electrons. The Morgan fingerprint density at radius 3 is 2.57 bits per heavy atom. The molecule has 4 nitrogen and oxygen atoms in total. The third-order valence-electron chi connectivity index (χ3n) is 4.56. The molecule has 3 atom stereocenters. The number of allylic oxidation sites excluding steroid dienone is 2. The zero-order chi connectivity index (χ0) is 16.8. The quantitative estimate of drug-likeness (QED) is 0.854. The lowest BCUT2D eigenvalue weighted by atomic mass is 9.68. The number of rotatable bonds is 1. The van der Waals surface area contributed by atoms with Gasteiger partial charge in [-0.2, -0.15) is 5.26 Å². The van der Waals surface area contributed by atoms with Gasteiger partial charge in [0.25, 0.3) is 0 Å². The molecule has 1 aliphatic heterocycles. The van der Waals surface area contributed by atoms with Crippen LogP contribution in [0.2, 0.25) is 5.02 Å². The molecule has 0 aromatic heterocycles. The van der Waals surface area contributed by atoms with Gasteiger partial charge in [-0.25, -0.2) is 0 Å². The number of carbonyl (C=O) groups is 1. The smallest absolute Gasteiger partial charge is 0.164 e. The molecule has 1 aliphatic carbocycles. The number of ether oxygens (including phenoxy) is 1. The number of hydrogen-bond donors (Lipinski definition) is 1. The number of nitrogens with zero attached hydrogens (tertiary/aromatic N) is 1. The van der Waals surface area contributed by atoms with Crippen molar-refractivity contribution in [3.8, 4) is 6.07 Å². The highest BCUT2D eigenvalue weighted by Gasteiger charge is 2.46. The molecule has 2 N–H and O–H groups in total. The molecule has 1 heterocycles. The molecule has 3 rings (SSSR count). The van der Waals surface area contributed by atoms with Gasteiger partial charge in [0.1, 0.15) is 11.7 Å². The molecule has 0 amide bonds. The van der Waals surface area contributed by atoms with Crippen molar-refractivity contribution >= 4 is 17.4 Å². The van der Waals surface area contributed by atoms with E-state index in [9.17, 15) is 10.1 Å². The lowest BCUT2D eigenvalue weighted by Crippen LogP contribution is -2.44. The predicted octanol–water partition coefficient (Wildman–Crippen LogP) is 3.52. The highest BCUT2D eigenvalue weighted by molar-refractivity contribution is 6.30. The van der Waals surface area contributed by atoms with Gasteiger partial charge in [-0.15, -0.1) is 0 Å². The van der Waals surface area contributed by atoms with Crippen molar-refractivity contribution < 1.29 is 9.53 Å². The summed E-state index contributed by atoms with van der Waals surface area (Å²) in [7, 11) is 0. The molecule has 0 spiro atoms. The van der Waals surface area contributed by atoms with Crippen molar-refractivity contribution in [3.63, 3.8) is 0 Å². The van der Waals surface area contributed by atoms with Gasteiger partial charge in [-0.3, -0.25) is 10.5 Å². The molecule has 120 valence electrons. The van der Waals surface area contributed by atoms with Crippen LogP contribution in [0.25, 0.3) is 0 Å². The summed E-state index contributed by atoms with van der Waals surface area (Å²) in [5.41, 5.74) is 7.41. The fourth-order valence-electron chi connectivity index (χ4n) is 3.53. The third-order valence-corrected chi connectivity index (χ3v) is 4.81. The Kier molecular flexibility index (Phi) is 3.95. The minimum atomic E-state index is -0.735. The van der Waals surface area contributed by atoms with Crippen LogP contribution < -0.4 is 5.73 Å². The standard InChI is InChI=1S/C18H19ClN2O2/c1-18(2)7-13(22)16-14(8-18)23-17(21)12(9-20)15(16)10-3-5-11(19)6-4-10/h3-6,12,15,17H,7-8,21H2,1-2H3/t12-,15+,17-/m0/s1. The fraction of sp³-hybridized carbons (Fsp3) is 0.444. The fourth-order valence-corrected chi connectivity index (χ4v) is 3.65. The zero-order valence-electron chi connectivity index (χ0n) is 13.2. The SMILES string of the molecule is CC1(C)CC(=O)C2=C(C1)O[C@H](N)[C@@H](C#N)[C@H]2c1ccc(Cl)cc1.